The Hall–Kier alpha value is -2.66. The van der Waals surface area contributed by atoms with Gasteiger partial charge in [-0.15, -0.1) is 0 Å². The largest absolute Gasteiger partial charge is 0.508 e. The van der Waals surface area contributed by atoms with Gasteiger partial charge in [-0.3, -0.25) is 9.59 Å². The van der Waals surface area contributed by atoms with E-state index in [1.54, 1.807) is 26.8 Å². The fourth-order valence-electron chi connectivity index (χ4n) is 3.30. The smallest absolute Gasteiger partial charge is 0.159 e. The van der Waals surface area contributed by atoms with Crippen LogP contribution >= 0.6 is 0 Å². The lowest BCUT2D eigenvalue weighted by atomic mass is 9.96. The van der Waals surface area contributed by atoms with Crippen LogP contribution in [0.4, 0.5) is 0 Å². The van der Waals surface area contributed by atoms with Crippen LogP contribution in [0, 0.1) is 12.8 Å². The predicted molar refractivity (Wildman–Crippen MR) is 129 cm³/mol. The van der Waals surface area contributed by atoms with Crippen LogP contribution in [0.1, 0.15) is 71.4 Å². The van der Waals surface area contributed by atoms with Crippen LogP contribution in [0.25, 0.3) is 0 Å². The van der Waals surface area contributed by atoms with E-state index in [1.807, 2.05) is 26.8 Å². The summed E-state index contributed by atoms with van der Waals surface area (Å²) in [5.74, 6) is 0.167. The number of hydrogen-bond donors (Lipinski definition) is 3. The normalized spacial score (nSPS) is 14.1. The molecule has 0 aliphatic heterocycles. The minimum atomic E-state index is -0.996. The zero-order valence-corrected chi connectivity index (χ0v) is 20.2. The third-order valence-electron chi connectivity index (χ3n) is 5.24. The van der Waals surface area contributed by atoms with E-state index < -0.39 is 5.60 Å². The van der Waals surface area contributed by atoms with E-state index in [1.165, 1.54) is 24.3 Å². The van der Waals surface area contributed by atoms with Crippen molar-refractivity contribution in [1.82, 2.24) is 0 Å². The van der Waals surface area contributed by atoms with Gasteiger partial charge in [0, 0.05) is 17.9 Å². The molecular weight excluding hydrogens is 404 g/mol. The second-order valence-electron chi connectivity index (χ2n) is 9.34. The van der Waals surface area contributed by atoms with Crippen LogP contribution in [0.2, 0.25) is 0 Å². The van der Waals surface area contributed by atoms with Crippen LogP contribution in [0.3, 0.4) is 0 Å². The molecule has 0 spiro atoms. The molecule has 0 fully saturated rings. The fourth-order valence-corrected chi connectivity index (χ4v) is 3.30. The molecule has 1 aromatic carbocycles. The van der Waals surface area contributed by atoms with Gasteiger partial charge in [0.1, 0.15) is 11.5 Å². The Morgan fingerprint density at radius 2 is 1.78 bits per heavy atom. The van der Waals surface area contributed by atoms with Gasteiger partial charge in [-0.1, -0.05) is 30.2 Å². The molecule has 0 heterocycles. The first kappa shape index (κ1) is 27.4. The van der Waals surface area contributed by atoms with Crippen molar-refractivity contribution in [3.8, 4) is 11.5 Å². The van der Waals surface area contributed by atoms with Gasteiger partial charge in [0.2, 0.25) is 0 Å². The number of phenolic OH excluding ortho intramolecular Hbond substituents is 2. The Kier molecular flexibility index (Phi) is 10.6. The molecule has 176 valence electrons. The molecule has 0 unspecified atom stereocenters. The second-order valence-corrected chi connectivity index (χ2v) is 9.34. The molecule has 0 bridgehead atoms. The summed E-state index contributed by atoms with van der Waals surface area (Å²) in [4.78, 5) is 24.4. The maximum absolute atomic E-state index is 12.3. The zero-order chi connectivity index (χ0) is 24.5. The molecule has 1 atom stereocenters. The molecule has 0 saturated carbocycles. The molecule has 1 aromatic rings. The first-order valence-corrected chi connectivity index (χ1v) is 11.1. The lowest BCUT2D eigenvalue weighted by Crippen LogP contribution is -2.16. The maximum atomic E-state index is 12.3. The third kappa shape index (κ3) is 10.6. The van der Waals surface area contributed by atoms with Crippen LogP contribution in [0.5, 0.6) is 11.5 Å². The molecule has 1 rings (SSSR count). The Balaban J connectivity index is 2.51. The topological polar surface area (TPSA) is 94.8 Å². The lowest BCUT2D eigenvalue weighted by molar-refractivity contribution is -0.118. The first-order chi connectivity index (χ1) is 14.8. The van der Waals surface area contributed by atoms with Gasteiger partial charge in [0.05, 0.1) is 5.60 Å². The molecular formula is C27H38O5. The number of carbonyl (C=O) groups excluding carboxylic acids is 2. The van der Waals surface area contributed by atoms with E-state index in [2.05, 4.69) is 0 Å². The van der Waals surface area contributed by atoms with Crippen LogP contribution in [-0.4, -0.2) is 32.5 Å². The summed E-state index contributed by atoms with van der Waals surface area (Å²) in [6, 6.07) is 3.04. The van der Waals surface area contributed by atoms with Crippen molar-refractivity contribution in [2.75, 3.05) is 0 Å². The minimum absolute atomic E-state index is 0.00133. The van der Waals surface area contributed by atoms with Gasteiger partial charge >= 0.3 is 0 Å². The fraction of sp³-hybridized carbons (Fsp3) is 0.481. The Morgan fingerprint density at radius 1 is 1.12 bits per heavy atom. The summed E-state index contributed by atoms with van der Waals surface area (Å²) < 4.78 is 0. The Morgan fingerprint density at radius 3 is 2.41 bits per heavy atom. The summed E-state index contributed by atoms with van der Waals surface area (Å²) in [6.07, 6.45) is 9.53. The van der Waals surface area contributed by atoms with Crippen molar-refractivity contribution in [1.29, 1.82) is 0 Å². The standard InChI is InChI=1S/C27H38O5/c1-18(8-7-9-20(3)25(30)12-13-27(5,6)32)14-23(28)15-19(2)10-11-22-17-24(29)16-21(4)26(22)31/h10,12-14,16-17,20,29,31-32H,7-9,11,15H2,1-6H3/b13-12+,18-14+,19-10+/t20-/m0/s1. The van der Waals surface area contributed by atoms with Gasteiger partial charge in [0.25, 0.3) is 0 Å². The van der Waals surface area contributed by atoms with Crippen molar-refractivity contribution in [3.63, 3.8) is 0 Å². The van der Waals surface area contributed by atoms with Crippen molar-refractivity contribution in [3.05, 3.63) is 58.7 Å². The Bertz CT molecular complexity index is 897. The molecule has 0 aliphatic carbocycles. The number of aromatic hydroxyl groups is 2. The number of hydrogen-bond acceptors (Lipinski definition) is 5. The van der Waals surface area contributed by atoms with Crippen molar-refractivity contribution < 1.29 is 24.9 Å². The van der Waals surface area contributed by atoms with E-state index in [0.717, 1.165) is 30.4 Å². The predicted octanol–water partition coefficient (Wildman–Crippen LogP) is 5.50. The summed E-state index contributed by atoms with van der Waals surface area (Å²) in [5.41, 5.74) is 2.13. The number of rotatable bonds is 12. The molecule has 0 radical (unpaired) electrons. The highest BCUT2D eigenvalue weighted by atomic mass is 16.3. The number of ketones is 2. The number of allylic oxidation sites excluding steroid dienone is 5. The highest BCUT2D eigenvalue weighted by Gasteiger charge is 2.13. The SMILES string of the molecule is C/C(=C\C(=O)C/C(C)=C/Cc1cc(O)cc(C)c1O)CCC[C@H](C)C(=O)/C=C/C(C)(C)O. The first-order valence-electron chi connectivity index (χ1n) is 11.1. The highest BCUT2D eigenvalue weighted by molar-refractivity contribution is 5.92. The monoisotopic (exact) mass is 442 g/mol. The number of phenols is 2. The van der Waals surface area contributed by atoms with Crippen LogP contribution < -0.4 is 0 Å². The molecule has 32 heavy (non-hydrogen) atoms. The summed E-state index contributed by atoms with van der Waals surface area (Å²) in [5, 5.41) is 29.5. The molecule has 0 aromatic heterocycles. The molecule has 3 N–H and O–H groups in total. The van der Waals surface area contributed by atoms with Gasteiger partial charge in [0.15, 0.2) is 11.6 Å². The van der Waals surface area contributed by atoms with Crippen molar-refractivity contribution in [2.24, 2.45) is 5.92 Å². The average molecular weight is 443 g/mol. The average Bonchev–Trinajstić information content (AvgIpc) is 2.66. The number of aliphatic hydroxyl groups is 1. The minimum Gasteiger partial charge on any atom is -0.508 e. The Labute approximate surface area is 192 Å². The van der Waals surface area contributed by atoms with Gasteiger partial charge in [-0.2, -0.15) is 0 Å². The summed E-state index contributed by atoms with van der Waals surface area (Å²) >= 11 is 0. The van der Waals surface area contributed by atoms with E-state index in [4.69, 9.17) is 0 Å². The van der Waals surface area contributed by atoms with E-state index in [-0.39, 0.29) is 29.0 Å². The van der Waals surface area contributed by atoms with E-state index >= 15 is 0 Å². The second kappa shape index (κ2) is 12.4. The number of aryl methyl sites for hydroxylation is 1. The van der Waals surface area contributed by atoms with Crippen LogP contribution in [0.15, 0.2) is 47.6 Å². The number of carbonyl (C=O) groups is 2. The third-order valence-corrected chi connectivity index (χ3v) is 5.24. The molecule has 0 amide bonds. The number of benzene rings is 1. The lowest BCUT2D eigenvalue weighted by Gasteiger charge is -2.12. The molecule has 5 nitrogen and oxygen atoms in total. The van der Waals surface area contributed by atoms with E-state index in [0.29, 0.717) is 24.0 Å². The van der Waals surface area contributed by atoms with Gasteiger partial charge in [-0.05, 0) is 90.2 Å². The summed E-state index contributed by atoms with van der Waals surface area (Å²) in [7, 11) is 0. The van der Waals surface area contributed by atoms with E-state index in [9.17, 15) is 24.9 Å². The van der Waals surface area contributed by atoms with Gasteiger partial charge < -0.3 is 15.3 Å². The van der Waals surface area contributed by atoms with Crippen LogP contribution in [-0.2, 0) is 16.0 Å². The van der Waals surface area contributed by atoms with Crippen molar-refractivity contribution in [2.45, 2.75) is 79.2 Å². The molecule has 0 saturated heterocycles. The molecule has 5 heteroatoms. The highest BCUT2D eigenvalue weighted by Crippen LogP contribution is 2.28. The van der Waals surface area contributed by atoms with Gasteiger partial charge in [-0.25, -0.2) is 0 Å². The quantitative estimate of drug-likeness (QED) is 0.226. The van der Waals surface area contributed by atoms with Crippen molar-refractivity contribution >= 4 is 11.6 Å². The summed E-state index contributed by atoms with van der Waals surface area (Å²) in [6.45, 7) is 10.7. The zero-order valence-electron chi connectivity index (χ0n) is 20.2. The molecule has 0 aliphatic rings. The maximum Gasteiger partial charge on any atom is 0.159 e.